The van der Waals surface area contributed by atoms with Crippen LogP contribution in [0.3, 0.4) is 0 Å². The Balaban J connectivity index is 1.17. The van der Waals surface area contributed by atoms with E-state index in [2.05, 4.69) is 46.2 Å². The van der Waals surface area contributed by atoms with Crippen LogP contribution in [0.5, 0.6) is 0 Å². The first-order valence-electron chi connectivity index (χ1n) is 15.0. The van der Waals surface area contributed by atoms with E-state index in [4.69, 9.17) is 4.74 Å². The number of nitriles is 2. The summed E-state index contributed by atoms with van der Waals surface area (Å²) in [5.74, 6) is 1.24. The van der Waals surface area contributed by atoms with E-state index < -0.39 is 0 Å². The highest BCUT2D eigenvalue weighted by atomic mass is 16.5. The van der Waals surface area contributed by atoms with Crippen LogP contribution in [0, 0.1) is 22.7 Å². The maximum Gasteiger partial charge on any atom is 0.137 e. The third kappa shape index (κ3) is 4.98. The van der Waals surface area contributed by atoms with Gasteiger partial charge < -0.3 is 14.5 Å². The summed E-state index contributed by atoms with van der Waals surface area (Å²) in [6, 6.07) is 13.3. The first-order valence-corrected chi connectivity index (χ1v) is 15.0. The topological polar surface area (TPSA) is 63.3 Å². The molecule has 0 saturated heterocycles. The highest BCUT2D eigenvalue weighted by Gasteiger charge is 2.25. The first kappa shape index (κ1) is 25.5. The molecule has 0 saturated carbocycles. The Hall–Kier alpha value is -4.48. The number of hydrogen-bond acceptors (Lipinski definition) is 5. The number of hydrogen-bond donors (Lipinski definition) is 0. The number of rotatable bonds is 4. The molecule has 5 aliphatic rings. The maximum atomic E-state index is 9.59. The smallest absolute Gasteiger partial charge is 0.137 e. The fourth-order valence-corrected chi connectivity index (χ4v) is 7.22. The largest absolute Gasteiger partial charge is 0.457 e. The summed E-state index contributed by atoms with van der Waals surface area (Å²) in [5.41, 5.74) is 11.7. The Labute approximate surface area is 242 Å². The standard InChI is InChI=1S/C36H34N4O/c37-23-32(24-38)31-21-33(11-9-25-17-27-5-1-13-39-14-2-6-28(18-25)35(27)39)41-34(22-31)12-10-26-19-29-7-3-15-40-16-4-8-30(20-26)36(29)40/h9-12,17-22H,1-8,13-16H2. The van der Waals surface area contributed by atoms with Gasteiger partial charge in [-0.2, -0.15) is 10.5 Å². The number of anilines is 2. The Morgan fingerprint density at radius 3 is 1.37 bits per heavy atom. The lowest BCUT2D eigenvalue weighted by molar-refractivity contribution is 0.332. The van der Waals surface area contributed by atoms with Gasteiger partial charge in [0.1, 0.15) is 29.2 Å². The van der Waals surface area contributed by atoms with E-state index in [1.54, 1.807) is 12.2 Å². The summed E-state index contributed by atoms with van der Waals surface area (Å²) in [4.78, 5) is 5.11. The Morgan fingerprint density at radius 1 is 0.610 bits per heavy atom. The summed E-state index contributed by atoms with van der Waals surface area (Å²) in [5, 5.41) is 19.2. The molecule has 2 aromatic carbocycles. The average molecular weight is 539 g/mol. The van der Waals surface area contributed by atoms with E-state index in [0.29, 0.717) is 17.1 Å². The zero-order valence-electron chi connectivity index (χ0n) is 23.5. The molecule has 0 aromatic heterocycles. The lowest BCUT2D eigenvalue weighted by Crippen LogP contribution is -2.34. The van der Waals surface area contributed by atoms with Gasteiger partial charge in [0.25, 0.3) is 0 Å². The van der Waals surface area contributed by atoms with Crippen molar-refractivity contribution in [3.63, 3.8) is 0 Å². The molecule has 0 amide bonds. The molecule has 5 heterocycles. The van der Waals surface area contributed by atoms with Crippen LogP contribution in [0.1, 0.15) is 59.1 Å². The van der Waals surface area contributed by atoms with Crippen molar-refractivity contribution in [2.75, 3.05) is 36.0 Å². The monoisotopic (exact) mass is 538 g/mol. The minimum Gasteiger partial charge on any atom is -0.457 e. The number of nitrogens with zero attached hydrogens (tertiary/aromatic N) is 4. The normalized spacial score (nSPS) is 19.1. The van der Waals surface area contributed by atoms with E-state index >= 15 is 0 Å². The molecule has 0 N–H and O–H groups in total. The predicted molar refractivity (Wildman–Crippen MR) is 164 cm³/mol. The van der Waals surface area contributed by atoms with Gasteiger partial charge in [-0.15, -0.1) is 0 Å². The average Bonchev–Trinajstić information content (AvgIpc) is 3.00. The van der Waals surface area contributed by atoms with E-state index in [1.807, 2.05) is 24.3 Å². The summed E-state index contributed by atoms with van der Waals surface area (Å²) in [6.07, 6.45) is 21.0. The van der Waals surface area contributed by atoms with E-state index in [0.717, 1.165) is 25.7 Å². The van der Waals surface area contributed by atoms with Gasteiger partial charge in [-0.25, -0.2) is 0 Å². The molecule has 0 fully saturated rings. The highest BCUT2D eigenvalue weighted by Crippen LogP contribution is 2.38. The van der Waals surface area contributed by atoms with Crippen LogP contribution < -0.4 is 9.80 Å². The minimum atomic E-state index is 0.0849. The molecule has 0 spiro atoms. The molecule has 5 nitrogen and oxygen atoms in total. The second-order valence-corrected chi connectivity index (χ2v) is 11.7. The maximum absolute atomic E-state index is 9.59. The van der Waals surface area contributed by atoms with Gasteiger partial charge >= 0.3 is 0 Å². The summed E-state index contributed by atoms with van der Waals surface area (Å²) < 4.78 is 6.27. The molecule has 0 radical (unpaired) electrons. The third-order valence-electron chi connectivity index (χ3n) is 8.93. The fourth-order valence-electron chi connectivity index (χ4n) is 7.22. The van der Waals surface area contributed by atoms with Crippen molar-refractivity contribution in [3.05, 3.63) is 105 Å². The van der Waals surface area contributed by atoms with Gasteiger partial charge in [0.2, 0.25) is 0 Å². The quantitative estimate of drug-likeness (QED) is 0.394. The lowest BCUT2D eigenvalue weighted by atomic mass is 9.90. The van der Waals surface area contributed by atoms with Crippen molar-refractivity contribution >= 4 is 23.5 Å². The molecule has 0 unspecified atom stereocenters. The van der Waals surface area contributed by atoms with E-state index in [9.17, 15) is 10.5 Å². The zero-order valence-corrected chi connectivity index (χ0v) is 23.5. The highest BCUT2D eigenvalue weighted by molar-refractivity contribution is 5.70. The van der Waals surface area contributed by atoms with Crippen LogP contribution in [-0.4, -0.2) is 26.2 Å². The van der Waals surface area contributed by atoms with Crippen LogP contribution >= 0.6 is 0 Å². The predicted octanol–water partition coefficient (Wildman–Crippen LogP) is 6.95. The molecule has 204 valence electrons. The first-order chi connectivity index (χ1) is 20.2. The summed E-state index contributed by atoms with van der Waals surface area (Å²) in [6.45, 7) is 4.66. The van der Waals surface area contributed by atoms with Crippen molar-refractivity contribution in [2.45, 2.75) is 51.4 Å². The molecular weight excluding hydrogens is 504 g/mol. The summed E-state index contributed by atoms with van der Waals surface area (Å²) in [7, 11) is 0. The molecule has 5 heteroatoms. The van der Waals surface area contributed by atoms with Gasteiger partial charge in [-0.05, 0) is 133 Å². The molecule has 0 bridgehead atoms. The number of ether oxygens (including phenoxy) is 1. The second kappa shape index (κ2) is 10.8. The zero-order chi connectivity index (χ0) is 27.8. The van der Waals surface area contributed by atoms with Crippen molar-refractivity contribution in [1.29, 1.82) is 10.5 Å². The molecule has 41 heavy (non-hydrogen) atoms. The van der Waals surface area contributed by atoms with Crippen LogP contribution in [-0.2, 0) is 30.4 Å². The summed E-state index contributed by atoms with van der Waals surface area (Å²) >= 11 is 0. The fraction of sp³-hybridized carbons (Fsp3) is 0.333. The molecule has 7 rings (SSSR count). The SMILES string of the molecule is N#CC(C#N)=C1C=C(C=Cc2cc3c4c(c2)CCCN4CCC3)OC(C=Cc2cc3c4c(c2)CCCN4CCC3)=C1. The van der Waals surface area contributed by atoms with E-state index in [-0.39, 0.29) is 5.57 Å². The number of benzene rings is 2. The van der Waals surface area contributed by atoms with Gasteiger partial charge in [0, 0.05) is 43.1 Å². The molecule has 0 aliphatic carbocycles. The van der Waals surface area contributed by atoms with Crippen LogP contribution in [0.15, 0.2) is 71.2 Å². The molecule has 2 aromatic rings. The molecule has 0 atom stereocenters. The molecular formula is C36H34N4O. The van der Waals surface area contributed by atoms with Crippen LogP contribution in [0.4, 0.5) is 11.4 Å². The number of aryl methyl sites for hydroxylation is 4. The van der Waals surface area contributed by atoms with Gasteiger partial charge in [0.15, 0.2) is 0 Å². The van der Waals surface area contributed by atoms with Crippen molar-refractivity contribution in [2.24, 2.45) is 0 Å². The Bertz CT molecular complexity index is 1470. The van der Waals surface area contributed by atoms with Crippen molar-refractivity contribution in [3.8, 4) is 12.1 Å². The lowest BCUT2D eigenvalue weighted by Gasteiger charge is -2.37. The minimum absolute atomic E-state index is 0.0849. The Kier molecular flexibility index (Phi) is 6.73. The van der Waals surface area contributed by atoms with Gasteiger partial charge in [0.05, 0.1) is 0 Å². The number of allylic oxidation sites excluding steroid dienone is 6. The Morgan fingerprint density at radius 2 is 1.00 bits per heavy atom. The van der Waals surface area contributed by atoms with Crippen LogP contribution in [0.25, 0.3) is 12.2 Å². The van der Waals surface area contributed by atoms with Gasteiger partial charge in [-0.3, -0.25) is 0 Å². The molecule has 5 aliphatic heterocycles. The third-order valence-corrected chi connectivity index (χ3v) is 8.93. The van der Waals surface area contributed by atoms with Crippen molar-refractivity contribution < 1.29 is 4.74 Å². The van der Waals surface area contributed by atoms with E-state index in [1.165, 1.54) is 96.6 Å². The van der Waals surface area contributed by atoms with Crippen LogP contribution in [0.2, 0.25) is 0 Å². The second-order valence-electron chi connectivity index (χ2n) is 11.7. The van der Waals surface area contributed by atoms with Crippen molar-refractivity contribution in [1.82, 2.24) is 0 Å². The van der Waals surface area contributed by atoms with Gasteiger partial charge in [-0.1, -0.05) is 12.2 Å².